The van der Waals surface area contributed by atoms with Crippen LogP contribution < -0.4 is 5.32 Å². The second-order valence-electron chi connectivity index (χ2n) is 5.49. The molecule has 0 fully saturated rings. The minimum atomic E-state index is -0.311. The minimum absolute atomic E-state index is 0.174. The third-order valence-electron chi connectivity index (χ3n) is 3.62. The molecule has 132 valence electrons. The average molecular weight is 388 g/mol. The fraction of sp³-hybridized carbons (Fsp3) is 0.0500. The van der Waals surface area contributed by atoms with Crippen molar-refractivity contribution >= 4 is 40.9 Å². The molecule has 0 saturated heterocycles. The quantitative estimate of drug-likeness (QED) is 0.576. The molecule has 0 aliphatic carbocycles. The molecule has 0 radical (unpaired) electrons. The number of nitrogens with one attached hydrogen (secondary N) is 1. The Kier molecular flexibility index (Phi) is 5.78. The molecule has 4 nitrogen and oxygen atoms in total. The molecule has 0 bridgehead atoms. The van der Waals surface area contributed by atoms with E-state index in [9.17, 15) is 4.79 Å². The highest BCUT2D eigenvalue weighted by molar-refractivity contribution is 6.34. The van der Waals surface area contributed by atoms with Crippen LogP contribution in [0.15, 0.2) is 65.1 Å². The number of aliphatic hydroxyl groups is 1. The van der Waals surface area contributed by atoms with Crippen molar-refractivity contribution in [3.8, 4) is 11.3 Å². The summed E-state index contributed by atoms with van der Waals surface area (Å²) in [6.07, 6.45) is 3.10. The van der Waals surface area contributed by atoms with Crippen molar-refractivity contribution in [2.75, 3.05) is 5.32 Å². The van der Waals surface area contributed by atoms with Crippen LogP contribution >= 0.6 is 23.2 Å². The van der Waals surface area contributed by atoms with E-state index in [1.807, 2.05) is 12.1 Å². The minimum Gasteiger partial charge on any atom is -0.459 e. The summed E-state index contributed by atoms with van der Waals surface area (Å²) in [6, 6.07) is 15.8. The van der Waals surface area contributed by atoms with Crippen LogP contribution in [-0.2, 0) is 11.4 Å². The smallest absolute Gasteiger partial charge is 0.248 e. The molecule has 0 spiro atoms. The molecule has 0 aliphatic heterocycles. The highest BCUT2D eigenvalue weighted by Gasteiger charge is 2.09. The molecule has 1 amide bonds. The number of hydrogen-bond donors (Lipinski definition) is 2. The largest absolute Gasteiger partial charge is 0.459 e. The van der Waals surface area contributed by atoms with Gasteiger partial charge in [-0.2, -0.15) is 0 Å². The van der Waals surface area contributed by atoms with Crippen LogP contribution in [0.5, 0.6) is 0 Å². The zero-order valence-electron chi connectivity index (χ0n) is 13.6. The maximum absolute atomic E-state index is 12.2. The van der Waals surface area contributed by atoms with Crippen molar-refractivity contribution < 1.29 is 14.3 Å². The molecule has 2 N–H and O–H groups in total. The molecule has 0 unspecified atom stereocenters. The Bertz CT molecular complexity index is 946. The Morgan fingerprint density at radius 1 is 1.08 bits per heavy atom. The van der Waals surface area contributed by atoms with Crippen LogP contribution in [0.2, 0.25) is 10.0 Å². The van der Waals surface area contributed by atoms with Crippen molar-refractivity contribution in [3.63, 3.8) is 0 Å². The van der Waals surface area contributed by atoms with E-state index in [1.165, 1.54) is 6.08 Å². The van der Waals surface area contributed by atoms with Crippen molar-refractivity contribution in [2.24, 2.45) is 0 Å². The number of furan rings is 1. The van der Waals surface area contributed by atoms with E-state index < -0.39 is 0 Å². The highest BCUT2D eigenvalue weighted by atomic mass is 35.5. The zero-order chi connectivity index (χ0) is 18.5. The van der Waals surface area contributed by atoms with Crippen molar-refractivity contribution in [1.29, 1.82) is 0 Å². The monoisotopic (exact) mass is 387 g/mol. The van der Waals surface area contributed by atoms with Gasteiger partial charge in [0.2, 0.25) is 5.91 Å². The molecule has 1 heterocycles. The Labute approximate surface area is 160 Å². The van der Waals surface area contributed by atoms with Crippen LogP contribution in [-0.4, -0.2) is 11.0 Å². The molecule has 2 aromatic carbocycles. The fourth-order valence-corrected chi connectivity index (χ4v) is 2.60. The van der Waals surface area contributed by atoms with Crippen molar-refractivity contribution in [1.82, 2.24) is 0 Å². The van der Waals surface area contributed by atoms with Crippen molar-refractivity contribution in [3.05, 3.63) is 82.0 Å². The molecule has 3 rings (SSSR count). The maximum atomic E-state index is 12.2. The Morgan fingerprint density at radius 3 is 2.54 bits per heavy atom. The molecule has 6 heteroatoms. The van der Waals surface area contributed by atoms with Crippen molar-refractivity contribution in [2.45, 2.75) is 6.61 Å². The first-order valence-electron chi connectivity index (χ1n) is 7.79. The van der Waals surface area contributed by atoms with E-state index in [0.717, 1.165) is 11.1 Å². The van der Waals surface area contributed by atoms with E-state index in [2.05, 4.69) is 5.32 Å². The number of carbonyl (C=O) groups is 1. The highest BCUT2D eigenvalue weighted by Crippen LogP contribution is 2.30. The van der Waals surface area contributed by atoms with Crippen LogP contribution in [0.3, 0.4) is 0 Å². The van der Waals surface area contributed by atoms with Gasteiger partial charge in [-0.25, -0.2) is 0 Å². The number of carbonyl (C=O) groups excluding carboxylic acids is 1. The number of halogens is 2. The van der Waals surface area contributed by atoms with Gasteiger partial charge in [-0.3, -0.25) is 4.79 Å². The van der Waals surface area contributed by atoms with Gasteiger partial charge in [-0.1, -0.05) is 35.3 Å². The van der Waals surface area contributed by atoms with Crippen LogP contribution in [0.1, 0.15) is 11.3 Å². The SMILES string of the molecule is O=C(/C=C/c1ccc(Cl)cc1)Nc1cc(-c2ccc(CO)o2)ccc1Cl. The lowest BCUT2D eigenvalue weighted by atomic mass is 10.1. The number of rotatable bonds is 5. The third-order valence-corrected chi connectivity index (χ3v) is 4.20. The predicted molar refractivity (Wildman–Crippen MR) is 104 cm³/mol. The van der Waals surface area contributed by atoms with Gasteiger partial charge in [0.25, 0.3) is 0 Å². The molecule has 3 aromatic rings. The number of benzene rings is 2. The van der Waals surface area contributed by atoms with E-state index in [-0.39, 0.29) is 12.5 Å². The second kappa shape index (κ2) is 8.23. The lowest BCUT2D eigenvalue weighted by Crippen LogP contribution is -2.08. The van der Waals surface area contributed by atoms with Gasteiger partial charge in [-0.05, 0) is 54.1 Å². The first kappa shape index (κ1) is 18.3. The van der Waals surface area contributed by atoms with Crippen LogP contribution in [0.25, 0.3) is 17.4 Å². The number of hydrogen-bond acceptors (Lipinski definition) is 3. The number of anilines is 1. The zero-order valence-corrected chi connectivity index (χ0v) is 15.1. The van der Waals surface area contributed by atoms with Crippen LogP contribution in [0, 0.1) is 0 Å². The first-order chi connectivity index (χ1) is 12.5. The molecule has 0 atom stereocenters. The lowest BCUT2D eigenvalue weighted by molar-refractivity contribution is -0.111. The van der Waals surface area contributed by atoms with E-state index in [1.54, 1.807) is 48.5 Å². The molecular formula is C20H15Cl2NO3. The predicted octanol–water partition coefficient (Wildman–Crippen LogP) is 5.40. The summed E-state index contributed by atoms with van der Waals surface area (Å²) in [4.78, 5) is 12.2. The summed E-state index contributed by atoms with van der Waals surface area (Å²) >= 11 is 12.0. The second-order valence-corrected chi connectivity index (χ2v) is 6.34. The first-order valence-corrected chi connectivity index (χ1v) is 8.55. The summed E-state index contributed by atoms with van der Waals surface area (Å²) in [7, 11) is 0. The number of aliphatic hydroxyl groups excluding tert-OH is 1. The summed E-state index contributed by atoms with van der Waals surface area (Å²) in [6.45, 7) is -0.174. The Hall–Kier alpha value is -2.53. The Balaban J connectivity index is 1.75. The van der Waals surface area contributed by atoms with Gasteiger partial charge in [0, 0.05) is 16.7 Å². The number of amides is 1. The maximum Gasteiger partial charge on any atom is 0.248 e. The topological polar surface area (TPSA) is 62.5 Å². The van der Waals surface area contributed by atoms with Gasteiger partial charge in [0.15, 0.2) is 0 Å². The lowest BCUT2D eigenvalue weighted by Gasteiger charge is -2.07. The van der Waals surface area contributed by atoms with Gasteiger partial charge in [0.1, 0.15) is 18.1 Å². The van der Waals surface area contributed by atoms with Gasteiger partial charge in [-0.15, -0.1) is 0 Å². The average Bonchev–Trinajstić information content (AvgIpc) is 3.12. The van der Waals surface area contributed by atoms with Gasteiger partial charge in [0.05, 0.1) is 10.7 Å². The van der Waals surface area contributed by atoms with Crippen LogP contribution in [0.4, 0.5) is 5.69 Å². The molecule has 0 saturated carbocycles. The standard InChI is InChI=1S/C20H15Cl2NO3/c21-15-5-1-13(2-6-15)3-10-20(25)23-18-11-14(4-8-17(18)22)19-9-7-16(12-24)26-19/h1-11,24H,12H2,(H,23,25)/b10-3+. The summed E-state index contributed by atoms with van der Waals surface area (Å²) in [5.74, 6) is 0.735. The molecule has 26 heavy (non-hydrogen) atoms. The van der Waals surface area contributed by atoms with E-state index >= 15 is 0 Å². The molecular weight excluding hydrogens is 373 g/mol. The normalized spacial score (nSPS) is 11.0. The Morgan fingerprint density at radius 2 is 1.85 bits per heavy atom. The summed E-state index contributed by atoms with van der Waals surface area (Å²) in [5.41, 5.74) is 2.07. The summed E-state index contributed by atoms with van der Waals surface area (Å²) in [5, 5.41) is 12.9. The summed E-state index contributed by atoms with van der Waals surface area (Å²) < 4.78 is 5.50. The van der Waals surface area contributed by atoms with E-state index in [0.29, 0.717) is 27.3 Å². The van der Waals surface area contributed by atoms with Gasteiger partial charge >= 0.3 is 0 Å². The molecule has 1 aromatic heterocycles. The van der Waals surface area contributed by atoms with E-state index in [4.69, 9.17) is 32.7 Å². The van der Waals surface area contributed by atoms with Gasteiger partial charge < -0.3 is 14.8 Å². The fourth-order valence-electron chi connectivity index (χ4n) is 2.31. The third kappa shape index (κ3) is 4.55. The molecule has 0 aliphatic rings.